The quantitative estimate of drug-likeness (QED) is 0.716. The zero-order chi connectivity index (χ0) is 15.0. The van der Waals surface area contributed by atoms with E-state index in [1.165, 1.54) is 16.8 Å². The van der Waals surface area contributed by atoms with Crippen molar-refractivity contribution in [3.05, 3.63) is 64.0 Å². The molecule has 0 unspecified atom stereocenters. The lowest BCUT2D eigenvalue weighted by molar-refractivity contribution is 0.626. The number of anilines is 1. The second-order valence-electron chi connectivity index (χ2n) is 4.49. The van der Waals surface area contributed by atoms with Crippen molar-refractivity contribution in [1.82, 2.24) is 9.78 Å². The predicted molar refractivity (Wildman–Crippen MR) is 86.1 cm³/mol. The SMILES string of the molecule is Nc1cn(-c2ccc(Cl)c(F)c2)nc1-c1cccc(Br)c1. The fourth-order valence-electron chi connectivity index (χ4n) is 2.01. The first-order chi connectivity index (χ1) is 10.0. The molecule has 0 radical (unpaired) electrons. The van der Waals surface area contributed by atoms with Gasteiger partial charge in [-0.05, 0) is 24.3 Å². The minimum Gasteiger partial charge on any atom is -0.396 e. The first-order valence-electron chi connectivity index (χ1n) is 6.11. The molecule has 0 aliphatic rings. The molecule has 0 aliphatic heterocycles. The Morgan fingerprint density at radius 2 is 2.00 bits per heavy atom. The highest BCUT2D eigenvalue weighted by molar-refractivity contribution is 9.10. The molecule has 0 aliphatic carbocycles. The van der Waals surface area contributed by atoms with Gasteiger partial charge in [0.1, 0.15) is 11.5 Å². The normalized spacial score (nSPS) is 10.8. The van der Waals surface area contributed by atoms with Crippen molar-refractivity contribution in [2.45, 2.75) is 0 Å². The molecule has 2 N–H and O–H groups in total. The molecule has 3 nitrogen and oxygen atoms in total. The summed E-state index contributed by atoms with van der Waals surface area (Å²) in [6, 6.07) is 12.2. The van der Waals surface area contributed by atoms with Gasteiger partial charge in [-0.25, -0.2) is 9.07 Å². The number of aromatic nitrogens is 2. The van der Waals surface area contributed by atoms with Gasteiger partial charge < -0.3 is 5.73 Å². The standard InChI is InChI=1S/C15H10BrClFN3/c16-10-3-1-2-9(6-10)15-14(19)8-21(20-15)11-4-5-12(17)13(18)7-11/h1-8H,19H2. The minimum atomic E-state index is -0.493. The van der Waals surface area contributed by atoms with Crippen LogP contribution in [0.4, 0.5) is 10.1 Å². The summed E-state index contributed by atoms with van der Waals surface area (Å²) in [5, 5.41) is 4.50. The van der Waals surface area contributed by atoms with Crippen LogP contribution in [0.3, 0.4) is 0 Å². The lowest BCUT2D eigenvalue weighted by atomic mass is 10.1. The third-order valence-electron chi connectivity index (χ3n) is 3.01. The van der Waals surface area contributed by atoms with Crippen LogP contribution >= 0.6 is 27.5 Å². The molecule has 0 bridgehead atoms. The first-order valence-corrected chi connectivity index (χ1v) is 7.28. The van der Waals surface area contributed by atoms with Crippen molar-refractivity contribution in [3.63, 3.8) is 0 Å². The van der Waals surface area contributed by atoms with Crippen LogP contribution in [0.5, 0.6) is 0 Å². The van der Waals surface area contributed by atoms with Gasteiger partial charge in [-0.3, -0.25) is 0 Å². The molecular weight excluding hydrogens is 357 g/mol. The molecule has 0 saturated carbocycles. The van der Waals surface area contributed by atoms with Gasteiger partial charge >= 0.3 is 0 Å². The Bertz CT molecular complexity index is 816. The van der Waals surface area contributed by atoms with E-state index in [4.69, 9.17) is 17.3 Å². The average Bonchev–Trinajstić information content (AvgIpc) is 2.84. The highest BCUT2D eigenvalue weighted by Gasteiger charge is 2.11. The predicted octanol–water partition coefficient (Wildman–Crippen LogP) is 4.68. The highest BCUT2D eigenvalue weighted by atomic mass is 79.9. The Morgan fingerprint density at radius 1 is 1.19 bits per heavy atom. The van der Waals surface area contributed by atoms with Crippen molar-refractivity contribution in [1.29, 1.82) is 0 Å². The summed E-state index contributed by atoms with van der Waals surface area (Å²) in [4.78, 5) is 0. The molecule has 0 atom stereocenters. The van der Waals surface area contributed by atoms with Crippen LogP contribution in [-0.2, 0) is 0 Å². The van der Waals surface area contributed by atoms with Crippen molar-refractivity contribution in [2.24, 2.45) is 0 Å². The molecule has 21 heavy (non-hydrogen) atoms. The van der Waals surface area contributed by atoms with Crippen LogP contribution in [0, 0.1) is 5.82 Å². The maximum atomic E-state index is 13.5. The lowest BCUT2D eigenvalue weighted by Crippen LogP contribution is -1.95. The summed E-state index contributed by atoms with van der Waals surface area (Å²) in [6.45, 7) is 0. The van der Waals surface area contributed by atoms with Gasteiger partial charge in [0.2, 0.25) is 0 Å². The van der Waals surface area contributed by atoms with E-state index >= 15 is 0 Å². The van der Waals surface area contributed by atoms with Crippen molar-refractivity contribution >= 4 is 33.2 Å². The zero-order valence-electron chi connectivity index (χ0n) is 10.7. The van der Waals surface area contributed by atoms with Gasteiger partial charge in [-0.1, -0.05) is 39.7 Å². The van der Waals surface area contributed by atoms with Crippen molar-refractivity contribution < 1.29 is 4.39 Å². The third-order valence-corrected chi connectivity index (χ3v) is 3.81. The second-order valence-corrected chi connectivity index (χ2v) is 5.81. The Labute approximate surface area is 134 Å². The smallest absolute Gasteiger partial charge is 0.143 e. The average molecular weight is 367 g/mol. The molecule has 3 aromatic rings. The molecule has 3 rings (SSSR count). The number of nitrogens with zero attached hydrogens (tertiary/aromatic N) is 2. The van der Waals surface area contributed by atoms with E-state index in [0.717, 1.165) is 10.0 Å². The van der Waals surface area contributed by atoms with Crippen LogP contribution < -0.4 is 5.73 Å². The number of benzene rings is 2. The van der Waals surface area contributed by atoms with E-state index in [0.29, 0.717) is 17.1 Å². The van der Waals surface area contributed by atoms with Gasteiger partial charge in [0.25, 0.3) is 0 Å². The topological polar surface area (TPSA) is 43.8 Å². The highest BCUT2D eigenvalue weighted by Crippen LogP contribution is 2.28. The van der Waals surface area contributed by atoms with E-state index in [1.807, 2.05) is 24.3 Å². The number of hydrogen-bond donors (Lipinski definition) is 1. The largest absolute Gasteiger partial charge is 0.396 e. The minimum absolute atomic E-state index is 0.0751. The Balaban J connectivity index is 2.07. The maximum absolute atomic E-state index is 13.5. The fraction of sp³-hybridized carbons (Fsp3) is 0. The summed E-state index contributed by atoms with van der Waals surface area (Å²) in [7, 11) is 0. The Kier molecular flexibility index (Phi) is 3.69. The Hall–Kier alpha value is -1.85. The fourth-order valence-corrected chi connectivity index (χ4v) is 2.52. The maximum Gasteiger partial charge on any atom is 0.143 e. The lowest BCUT2D eigenvalue weighted by Gasteiger charge is -2.02. The molecule has 0 saturated heterocycles. The van der Waals surface area contributed by atoms with Crippen molar-refractivity contribution in [3.8, 4) is 16.9 Å². The molecule has 106 valence electrons. The molecule has 0 fully saturated rings. The monoisotopic (exact) mass is 365 g/mol. The van der Waals surface area contributed by atoms with Gasteiger partial charge in [-0.2, -0.15) is 5.10 Å². The van der Waals surface area contributed by atoms with E-state index in [1.54, 1.807) is 12.3 Å². The van der Waals surface area contributed by atoms with Gasteiger partial charge in [-0.15, -0.1) is 0 Å². The number of nitrogen functional groups attached to an aromatic ring is 1. The van der Waals surface area contributed by atoms with E-state index < -0.39 is 5.82 Å². The number of rotatable bonds is 2. The van der Waals surface area contributed by atoms with Crippen LogP contribution in [-0.4, -0.2) is 9.78 Å². The molecular formula is C15H10BrClFN3. The summed E-state index contributed by atoms with van der Waals surface area (Å²) in [5.41, 5.74) is 8.62. The summed E-state index contributed by atoms with van der Waals surface area (Å²) < 4.78 is 16.0. The summed E-state index contributed by atoms with van der Waals surface area (Å²) in [5.74, 6) is -0.493. The van der Waals surface area contributed by atoms with E-state index in [2.05, 4.69) is 21.0 Å². The van der Waals surface area contributed by atoms with Crippen LogP contribution in [0.2, 0.25) is 5.02 Å². The van der Waals surface area contributed by atoms with Crippen LogP contribution in [0.1, 0.15) is 0 Å². The summed E-state index contributed by atoms with van der Waals surface area (Å²) >= 11 is 9.10. The zero-order valence-corrected chi connectivity index (χ0v) is 13.1. The molecule has 1 aromatic heterocycles. The molecule has 1 heterocycles. The summed E-state index contributed by atoms with van der Waals surface area (Å²) in [6.07, 6.45) is 1.65. The van der Waals surface area contributed by atoms with Crippen LogP contribution in [0.25, 0.3) is 16.9 Å². The van der Waals surface area contributed by atoms with Crippen LogP contribution in [0.15, 0.2) is 53.1 Å². The third kappa shape index (κ3) is 2.80. The Morgan fingerprint density at radius 3 is 2.71 bits per heavy atom. The molecule has 0 spiro atoms. The number of hydrogen-bond acceptors (Lipinski definition) is 2. The molecule has 0 amide bonds. The van der Waals surface area contributed by atoms with Gasteiger partial charge in [0.15, 0.2) is 0 Å². The first kappa shape index (κ1) is 14.1. The van der Waals surface area contributed by atoms with Gasteiger partial charge in [0, 0.05) is 16.1 Å². The second kappa shape index (κ2) is 5.50. The molecule has 2 aromatic carbocycles. The number of halogens is 3. The van der Waals surface area contributed by atoms with E-state index in [9.17, 15) is 4.39 Å². The van der Waals surface area contributed by atoms with E-state index in [-0.39, 0.29) is 5.02 Å². The van der Waals surface area contributed by atoms with Crippen molar-refractivity contribution in [2.75, 3.05) is 5.73 Å². The number of nitrogens with two attached hydrogens (primary N) is 1. The van der Waals surface area contributed by atoms with Gasteiger partial charge in [0.05, 0.1) is 22.6 Å². The molecule has 6 heteroatoms.